The number of hydrogen-bond acceptors (Lipinski definition) is 6. The molecule has 3 N–H and O–H groups in total. The third kappa shape index (κ3) is 3.45. The van der Waals surface area contributed by atoms with E-state index < -0.39 is 5.91 Å². The molecule has 1 saturated heterocycles. The van der Waals surface area contributed by atoms with E-state index in [1.54, 1.807) is 17.8 Å². The lowest BCUT2D eigenvalue weighted by Gasteiger charge is -2.20. The smallest absolute Gasteiger partial charge is 0.287 e. The van der Waals surface area contributed by atoms with Gasteiger partial charge in [0.2, 0.25) is 0 Å². The standard InChI is InChI=1S/C10H15N3O3S/c11-12-10(14)9-5-7(16-13-9)6-17-8-1-3-15-4-2-8/h5,8H,1-4,6,11H2,(H,12,14). The quantitative estimate of drug-likeness (QED) is 0.468. The zero-order valence-electron chi connectivity index (χ0n) is 9.35. The van der Waals surface area contributed by atoms with Crippen LogP contribution in [0.3, 0.4) is 0 Å². The molecule has 0 saturated carbocycles. The minimum Gasteiger partial charge on any atom is -0.381 e. The molecule has 0 aliphatic carbocycles. The van der Waals surface area contributed by atoms with Crippen LogP contribution in [0.1, 0.15) is 29.1 Å². The van der Waals surface area contributed by atoms with Crippen molar-refractivity contribution in [2.24, 2.45) is 5.84 Å². The Bertz CT molecular complexity index is 377. The summed E-state index contributed by atoms with van der Waals surface area (Å²) in [7, 11) is 0. The van der Waals surface area contributed by atoms with Crippen molar-refractivity contribution in [3.8, 4) is 0 Å². The number of hydrazine groups is 1. The maximum atomic E-state index is 11.2. The SMILES string of the molecule is NNC(=O)c1cc(CSC2CCOCC2)on1. The van der Waals surface area contributed by atoms with Crippen LogP contribution in [-0.2, 0) is 10.5 Å². The van der Waals surface area contributed by atoms with E-state index in [1.807, 2.05) is 5.43 Å². The molecular weight excluding hydrogens is 242 g/mol. The Labute approximate surface area is 103 Å². The molecule has 0 aromatic carbocycles. The van der Waals surface area contributed by atoms with Crippen LogP contribution in [0.15, 0.2) is 10.6 Å². The first-order chi connectivity index (χ1) is 8.29. The predicted molar refractivity (Wildman–Crippen MR) is 63.3 cm³/mol. The van der Waals surface area contributed by atoms with Crippen molar-refractivity contribution in [1.29, 1.82) is 0 Å². The zero-order chi connectivity index (χ0) is 12.1. The number of carbonyl (C=O) groups is 1. The molecule has 0 bridgehead atoms. The van der Waals surface area contributed by atoms with Gasteiger partial charge in [-0.1, -0.05) is 5.16 Å². The van der Waals surface area contributed by atoms with Gasteiger partial charge in [-0.2, -0.15) is 11.8 Å². The highest BCUT2D eigenvalue weighted by atomic mass is 32.2. The number of aromatic nitrogens is 1. The molecule has 17 heavy (non-hydrogen) atoms. The Morgan fingerprint density at radius 1 is 1.59 bits per heavy atom. The first kappa shape index (κ1) is 12.4. The van der Waals surface area contributed by atoms with E-state index >= 15 is 0 Å². The Morgan fingerprint density at radius 2 is 2.35 bits per heavy atom. The minimum absolute atomic E-state index is 0.218. The summed E-state index contributed by atoms with van der Waals surface area (Å²) in [4.78, 5) is 11.2. The van der Waals surface area contributed by atoms with Crippen LogP contribution in [0.5, 0.6) is 0 Å². The van der Waals surface area contributed by atoms with E-state index in [9.17, 15) is 4.79 Å². The van der Waals surface area contributed by atoms with E-state index in [0.717, 1.165) is 31.8 Å². The number of hydrogen-bond donors (Lipinski definition) is 2. The summed E-state index contributed by atoms with van der Waals surface area (Å²) >= 11 is 1.81. The average molecular weight is 257 g/mol. The fourth-order valence-electron chi connectivity index (χ4n) is 1.60. The van der Waals surface area contributed by atoms with Crippen molar-refractivity contribution < 1.29 is 14.1 Å². The Morgan fingerprint density at radius 3 is 3.06 bits per heavy atom. The van der Waals surface area contributed by atoms with Crippen molar-refractivity contribution in [1.82, 2.24) is 10.6 Å². The van der Waals surface area contributed by atoms with Crippen LogP contribution >= 0.6 is 11.8 Å². The Hall–Kier alpha value is -1.05. The number of nitrogens with zero attached hydrogens (tertiary/aromatic N) is 1. The number of carbonyl (C=O) groups excluding carboxylic acids is 1. The van der Waals surface area contributed by atoms with E-state index in [4.69, 9.17) is 15.1 Å². The van der Waals surface area contributed by atoms with Crippen molar-refractivity contribution in [3.05, 3.63) is 17.5 Å². The highest BCUT2D eigenvalue weighted by Gasteiger charge is 2.16. The van der Waals surface area contributed by atoms with Gasteiger partial charge in [0, 0.05) is 24.5 Å². The van der Waals surface area contributed by atoms with Crippen LogP contribution in [0, 0.1) is 0 Å². The zero-order valence-corrected chi connectivity index (χ0v) is 10.2. The van der Waals surface area contributed by atoms with Gasteiger partial charge in [-0.3, -0.25) is 10.2 Å². The van der Waals surface area contributed by atoms with E-state index in [1.165, 1.54) is 0 Å². The van der Waals surface area contributed by atoms with Crippen molar-refractivity contribution in [3.63, 3.8) is 0 Å². The third-order valence-corrected chi connectivity index (χ3v) is 3.95. The number of amides is 1. The summed E-state index contributed by atoms with van der Waals surface area (Å²) in [5.41, 5.74) is 2.23. The van der Waals surface area contributed by atoms with E-state index in [-0.39, 0.29) is 5.69 Å². The largest absolute Gasteiger partial charge is 0.381 e. The number of nitrogens with one attached hydrogen (secondary N) is 1. The normalized spacial score (nSPS) is 17.0. The third-order valence-electron chi connectivity index (χ3n) is 2.55. The fraction of sp³-hybridized carbons (Fsp3) is 0.600. The highest BCUT2D eigenvalue weighted by molar-refractivity contribution is 7.99. The van der Waals surface area contributed by atoms with E-state index in [2.05, 4.69) is 5.16 Å². The fourth-order valence-corrected chi connectivity index (χ4v) is 2.67. The molecular formula is C10H15N3O3S. The van der Waals surface area contributed by atoms with Crippen LogP contribution in [0.2, 0.25) is 0 Å². The van der Waals surface area contributed by atoms with Gasteiger partial charge in [0.05, 0.1) is 5.75 Å². The first-order valence-corrected chi connectivity index (χ1v) is 6.50. The summed E-state index contributed by atoms with van der Waals surface area (Å²) in [6, 6.07) is 1.62. The molecule has 2 rings (SSSR count). The summed E-state index contributed by atoms with van der Waals surface area (Å²) in [6.07, 6.45) is 2.13. The maximum Gasteiger partial charge on any atom is 0.287 e. The second-order valence-electron chi connectivity index (χ2n) is 3.77. The number of ether oxygens (including phenoxy) is 1. The number of thioether (sulfide) groups is 1. The van der Waals surface area contributed by atoms with Gasteiger partial charge in [-0.15, -0.1) is 0 Å². The van der Waals surface area contributed by atoms with Gasteiger partial charge < -0.3 is 9.26 Å². The topological polar surface area (TPSA) is 90.4 Å². The molecule has 1 aromatic rings. The molecule has 0 atom stereocenters. The molecule has 94 valence electrons. The van der Waals surface area contributed by atoms with Gasteiger partial charge >= 0.3 is 0 Å². The van der Waals surface area contributed by atoms with Gasteiger partial charge in [-0.25, -0.2) is 5.84 Å². The van der Waals surface area contributed by atoms with Crippen LogP contribution in [0.4, 0.5) is 0 Å². The molecule has 6 nitrogen and oxygen atoms in total. The monoisotopic (exact) mass is 257 g/mol. The molecule has 0 unspecified atom stereocenters. The molecule has 2 heterocycles. The molecule has 1 fully saturated rings. The highest BCUT2D eigenvalue weighted by Crippen LogP contribution is 2.25. The predicted octanol–water partition coefficient (Wildman–Crippen LogP) is 0.690. The minimum atomic E-state index is -0.434. The number of nitrogen functional groups attached to an aromatic ring is 1. The Kier molecular flexibility index (Phi) is 4.41. The van der Waals surface area contributed by atoms with E-state index in [0.29, 0.717) is 11.0 Å². The molecule has 1 aromatic heterocycles. The lowest BCUT2D eigenvalue weighted by Crippen LogP contribution is -2.30. The average Bonchev–Trinajstić information content (AvgIpc) is 2.85. The summed E-state index contributed by atoms with van der Waals surface area (Å²) in [5.74, 6) is 5.98. The molecule has 7 heteroatoms. The van der Waals surface area contributed by atoms with Crippen LogP contribution < -0.4 is 11.3 Å². The van der Waals surface area contributed by atoms with Gasteiger partial charge in [-0.05, 0) is 12.8 Å². The molecule has 0 radical (unpaired) electrons. The van der Waals surface area contributed by atoms with Gasteiger partial charge in [0.1, 0.15) is 5.76 Å². The second-order valence-corrected chi connectivity index (χ2v) is 5.06. The van der Waals surface area contributed by atoms with Crippen molar-refractivity contribution in [2.75, 3.05) is 13.2 Å². The number of rotatable bonds is 4. The summed E-state index contributed by atoms with van der Waals surface area (Å²) in [6.45, 7) is 1.66. The van der Waals surface area contributed by atoms with Gasteiger partial charge in [0.25, 0.3) is 5.91 Å². The lowest BCUT2D eigenvalue weighted by molar-refractivity contribution is 0.0944. The molecule has 1 aliphatic rings. The summed E-state index contributed by atoms with van der Waals surface area (Å²) < 4.78 is 10.3. The Balaban J connectivity index is 1.82. The molecule has 1 amide bonds. The molecule has 0 spiro atoms. The second kappa shape index (κ2) is 6.04. The van der Waals surface area contributed by atoms with Crippen molar-refractivity contribution in [2.45, 2.75) is 23.8 Å². The van der Waals surface area contributed by atoms with Crippen molar-refractivity contribution >= 4 is 17.7 Å². The van der Waals surface area contributed by atoms with Crippen LogP contribution in [0.25, 0.3) is 0 Å². The maximum absolute atomic E-state index is 11.2. The summed E-state index contributed by atoms with van der Waals surface area (Å²) in [5, 5.41) is 4.24. The molecule has 1 aliphatic heterocycles. The lowest BCUT2D eigenvalue weighted by atomic mass is 10.2. The number of nitrogens with two attached hydrogens (primary N) is 1. The van der Waals surface area contributed by atoms with Crippen LogP contribution in [-0.4, -0.2) is 29.5 Å². The van der Waals surface area contributed by atoms with Gasteiger partial charge in [0.15, 0.2) is 5.69 Å². The first-order valence-electron chi connectivity index (χ1n) is 5.45.